The Morgan fingerprint density at radius 1 is 1.03 bits per heavy atom. The monoisotopic (exact) mass is 590 g/mol. The Labute approximate surface area is 235 Å². The van der Waals surface area contributed by atoms with Crippen molar-refractivity contribution in [1.29, 1.82) is 0 Å². The molecule has 0 aliphatic carbocycles. The third-order valence-corrected chi connectivity index (χ3v) is 7.42. The predicted octanol–water partition coefficient (Wildman–Crippen LogP) is 7.47. The van der Waals surface area contributed by atoms with Crippen LogP contribution in [0.15, 0.2) is 83.3 Å². The summed E-state index contributed by atoms with van der Waals surface area (Å²) in [7, 11) is 0. The van der Waals surface area contributed by atoms with Crippen LogP contribution in [-0.2, 0) is 0 Å². The lowest BCUT2D eigenvalue weighted by Crippen LogP contribution is -2.31. The fraction of sp³-hybridized carbons (Fsp3) is 0.154. The van der Waals surface area contributed by atoms with E-state index in [1.807, 2.05) is 29.2 Å². The minimum atomic E-state index is -4.75. The van der Waals surface area contributed by atoms with E-state index in [-0.39, 0.29) is 11.8 Å². The number of ether oxygens (including phenoxy) is 1. The number of para-hydroxylation sites is 1. The molecule has 0 amide bonds. The lowest BCUT2D eigenvalue weighted by molar-refractivity contribution is -0.274. The van der Waals surface area contributed by atoms with Crippen molar-refractivity contribution in [2.75, 3.05) is 10.7 Å². The van der Waals surface area contributed by atoms with Crippen molar-refractivity contribution < 1.29 is 17.9 Å². The molecule has 200 valence electrons. The van der Waals surface area contributed by atoms with Crippen LogP contribution in [-0.4, -0.2) is 44.3 Å². The Kier molecular flexibility index (Phi) is 7.83. The third kappa shape index (κ3) is 6.38. The number of rotatable bonds is 6. The molecule has 1 aliphatic heterocycles. The van der Waals surface area contributed by atoms with Crippen molar-refractivity contribution in [1.82, 2.24) is 14.8 Å². The molecule has 5 rings (SSSR count). The number of halogens is 5. The van der Waals surface area contributed by atoms with E-state index in [2.05, 4.69) is 31.9 Å². The SMILES string of the molecule is CC1CS/C(=N\N=C\c2ccc(-c3ncn(-c4ccc(OC(F)(F)F)cc4)n3)cc2)N1c1c(Cl)cccc1Cl. The topological polar surface area (TPSA) is 67.9 Å². The molecule has 7 nitrogen and oxygen atoms in total. The molecular weight excluding hydrogens is 572 g/mol. The molecule has 2 heterocycles. The van der Waals surface area contributed by atoms with E-state index in [1.54, 1.807) is 36.2 Å². The van der Waals surface area contributed by atoms with E-state index in [4.69, 9.17) is 23.2 Å². The van der Waals surface area contributed by atoms with Crippen molar-refractivity contribution >= 4 is 52.0 Å². The second-order valence-corrected chi connectivity index (χ2v) is 10.2. The number of hydrogen-bond acceptors (Lipinski definition) is 6. The van der Waals surface area contributed by atoms with E-state index in [1.165, 1.54) is 35.3 Å². The van der Waals surface area contributed by atoms with Crippen LogP contribution in [0.5, 0.6) is 5.75 Å². The van der Waals surface area contributed by atoms with Gasteiger partial charge in [0.1, 0.15) is 12.1 Å². The molecule has 1 fully saturated rings. The number of alkyl halides is 3. The number of benzene rings is 3. The summed E-state index contributed by atoms with van der Waals surface area (Å²) < 4.78 is 42.5. The quantitative estimate of drug-likeness (QED) is 0.172. The molecule has 0 radical (unpaired) electrons. The largest absolute Gasteiger partial charge is 0.573 e. The lowest BCUT2D eigenvalue weighted by atomic mass is 10.1. The molecule has 0 saturated carbocycles. The van der Waals surface area contributed by atoms with Gasteiger partial charge in [-0.1, -0.05) is 65.3 Å². The highest BCUT2D eigenvalue weighted by molar-refractivity contribution is 8.14. The zero-order valence-corrected chi connectivity index (χ0v) is 22.5. The van der Waals surface area contributed by atoms with Crippen molar-refractivity contribution in [2.24, 2.45) is 10.2 Å². The van der Waals surface area contributed by atoms with Gasteiger partial charge in [0.2, 0.25) is 0 Å². The second kappa shape index (κ2) is 11.3. The van der Waals surface area contributed by atoms with E-state index in [0.29, 0.717) is 32.4 Å². The normalized spacial score (nSPS) is 16.9. The van der Waals surface area contributed by atoms with Gasteiger partial charge in [-0.25, -0.2) is 9.67 Å². The summed E-state index contributed by atoms with van der Waals surface area (Å²) >= 11 is 14.4. The number of anilines is 1. The molecule has 4 aromatic rings. The zero-order chi connectivity index (χ0) is 27.6. The minimum Gasteiger partial charge on any atom is -0.406 e. The van der Waals surface area contributed by atoms with Crippen LogP contribution < -0.4 is 9.64 Å². The summed E-state index contributed by atoms with van der Waals surface area (Å²) in [5.74, 6) is 0.976. The van der Waals surface area contributed by atoms with Crippen LogP contribution >= 0.6 is 35.0 Å². The summed E-state index contributed by atoms with van der Waals surface area (Å²) in [5.41, 5.74) is 2.83. The fourth-order valence-electron chi connectivity index (χ4n) is 3.82. The van der Waals surface area contributed by atoms with Crippen LogP contribution in [0.4, 0.5) is 18.9 Å². The molecule has 1 atom stereocenters. The third-order valence-electron chi connectivity index (χ3n) is 5.62. The van der Waals surface area contributed by atoms with E-state index < -0.39 is 6.36 Å². The Balaban J connectivity index is 1.27. The van der Waals surface area contributed by atoms with Crippen molar-refractivity contribution in [3.63, 3.8) is 0 Å². The number of thioether (sulfide) groups is 1. The Morgan fingerprint density at radius 2 is 1.72 bits per heavy atom. The van der Waals surface area contributed by atoms with Gasteiger partial charge in [-0.05, 0) is 48.9 Å². The molecule has 3 aromatic carbocycles. The number of amidine groups is 1. The summed E-state index contributed by atoms with van der Waals surface area (Å²) in [4.78, 5) is 6.30. The molecule has 1 aliphatic rings. The Hall–Kier alpha value is -3.54. The van der Waals surface area contributed by atoms with Gasteiger partial charge in [0.25, 0.3) is 0 Å². The van der Waals surface area contributed by atoms with Crippen LogP contribution in [0.1, 0.15) is 12.5 Å². The van der Waals surface area contributed by atoms with E-state index >= 15 is 0 Å². The van der Waals surface area contributed by atoms with Crippen LogP contribution in [0.2, 0.25) is 10.0 Å². The maximum atomic E-state index is 12.4. The molecular formula is C26H19Cl2F3N6OS. The van der Waals surface area contributed by atoms with Crippen molar-refractivity contribution in [3.05, 3.63) is 88.7 Å². The van der Waals surface area contributed by atoms with Gasteiger partial charge in [0.15, 0.2) is 11.0 Å². The maximum Gasteiger partial charge on any atom is 0.573 e. The molecule has 13 heteroatoms. The highest BCUT2D eigenvalue weighted by Crippen LogP contribution is 2.39. The average Bonchev–Trinajstić information content (AvgIpc) is 3.52. The minimum absolute atomic E-state index is 0.152. The van der Waals surface area contributed by atoms with Crippen LogP contribution in [0.25, 0.3) is 17.1 Å². The number of nitrogens with zero attached hydrogens (tertiary/aromatic N) is 6. The van der Waals surface area contributed by atoms with Gasteiger partial charge in [-0.15, -0.1) is 23.4 Å². The first-order valence-corrected chi connectivity index (χ1v) is 13.3. The Morgan fingerprint density at radius 3 is 2.38 bits per heavy atom. The number of hydrogen-bond donors (Lipinski definition) is 0. The summed E-state index contributed by atoms with van der Waals surface area (Å²) in [5, 5.41) is 14.9. The van der Waals surface area contributed by atoms with Gasteiger partial charge in [-0.3, -0.25) is 0 Å². The fourth-order valence-corrected chi connectivity index (χ4v) is 5.46. The lowest BCUT2D eigenvalue weighted by Gasteiger charge is -2.24. The molecule has 39 heavy (non-hydrogen) atoms. The molecule has 0 spiro atoms. The first-order valence-electron chi connectivity index (χ1n) is 11.5. The van der Waals surface area contributed by atoms with Crippen LogP contribution in [0.3, 0.4) is 0 Å². The van der Waals surface area contributed by atoms with Gasteiger partial charge < -0.3 is 9.64 Å². The predicted molar refractivity (Wildman–Crippen MR) is 149 cm³/mol. The van der Waals surface area contributed by atoms with Gasteiger partial charge in [0.05, 0.1) is 27.6 Å². The van der Waals surface area contributed by atoms with Crippen molar-refractivity contribution in [3.8, 4) is 22.8 Å². The standard InChI is InChI=1S/C26H19Cl2F3N6OS/c1-16-14-39-25(37(16)23-21(27)3-2-4-22(23)28)34-33-13-17-5-7-18(8-6-17)24-32-15-36(35-24)19-9-11-20(12-10-19)38-26(29,30)31/h2-13,15-16H,14H2,1H3/b33-13+,34-25-. The second-order valence-electron chi connectivity index (χ2n) is 8.40. The summed E-state index contributed by atoms with van der Waals surface area (Å²) in [6, 6.07) is 18.3. The zero-order valence-electron chi connectivity index (χ0n) is 20.2. The van der Waals surface area contributed by atoms with E-state index in [9.17, 15) is 13.2 Å². The van der Waals surface area contributed by atoms with Gasteiger partial charge >= 0.3 is 6.36 Å². The average molecular weight is 591 g/mol. The highest BCUT2D eigenvalue weighted by atomic mass is 35.5. The summed E-state index contributed by atoms with van der Waals surface area (Å²) in [6.45, 7) is 2.07. The maximum absolute atomic E-state index is 12.4. The number of aromatic nitrogens is 3. The highest BCUT2D eigenvalue weighted by Gasteiger charge is 2.32. The molecule has 0 N–H and O–H groups in total. The van der Waals surface area contributed by atoms with Crippen LogP contribution in [0, 0.1) is 0 Å². The smallest absolute Gasteiger partial charge is 0.406 e. The first kappa shape index (κ1) is 27.0. The Bertz CT molecular complexity index is 1500. The molecule has 0 bridgehead atoms. The summed E-state index contributed by atoms with van der Waals surface area (Å²) in [6.07, 6.45) is -1.62. The molecule has 1 aromatic heterocycles. The van der Waals surface area contributed by atoms with Gasteiger partial charge in [0, 0.05) is 17.4 Å². The molecule has 1 unspecified atom stereocenters. The van der Waals surface area contributed by atoms with Crippen molar-refractivity contribution in [2.45, 2.75) is 19.3 Å². The molecule has 1 saturated heterocycles. The van der Waals surface area contributed by atoms with Gasteiger partial charge in [-0.2, -0.15) is 5.10 Å². The van der Waals surface area contributed by atoms with E-state index in [0.717, 1.165) is 16.9 Å². The first-order chi connectivity index (χ1) is 18.7.